The Morgan fingerprint density at radius 3 is 3.00 bits per heavy atom. The van der Waals surface area contributed by atoms with E-state index in [1.165, 1.54) is 13.2 Å². The van der Waals surface area contributed by atoms with Crippen molar-refractivity contribution in [3.8, 4) is 0 Å². The molecule has 0 fully saturated rings. The Bertz CT molecular complexity index is 525. The standard InChI is InChI=1S/C11H8FNO2/c1-15-11(14)9-6-8(12)5-7-3-2-4-13-10(7)9/h2-6H,1H3. The van der Waals surface area contributed by atoms with E-state index >= 15 is 0 Å². The van der Waals surface area contributed by atoms with Crippen LogP contribution >= 0.6 is 0 Å². The molecular weight excluding hydrogens is 197 g/mol. The number of carbonyl (C=O) groups is 1. The van der Waals surface area contributed by atoms with Crippen LogP contribution in [0.5, 0.6) is 0 Å². The lowest BCUT2D eigenvalue weighted by molar-refractivity contribution is 0.0602. The Balaban J connectivity index is 2.76. The molecule has 1 heterocycles. The lowest BCUT2D eigenvalue weighted by atomic mass is 10.1. The fourth-order valence-corrected chi connectivity index (χ4v) is 1.42. The highest BCUT2D eigenvalue weighted by atomic mass is 19.1. The first-order valence-corrected chi connectivity index (χ1v) is 4.35. The molecule has 0 saturated carbocycles. The zero-order valence-corrected chi connectivity index (χ0v) is 8.03. The van der Waals surface area contributed by atoms with Crippen LogP contribution in [0.15, 0.2) is 30.5 Å². The van der Waals surface area contributed by atoms with Gasteiger partial charge >= 0.3 is 5.97 Å². The fourth-order valence-electron chi connectivity index (χ4n) is 1.42. The lowest BCUT2D eigenvalue weighted by Crippen LogP contribution is -2.03. The zero-order chi connectivity index (χ0) is 10.8. The molecule has 2 aromatic rings. The Kier molecular flexibility index (Phi) is 2.33. The number of carbonyl (C=O) groups excluding carboxylic acids is 1. The molecule has 0 unspecified atom stereocenters. The summed E-state index contributed by atoms with van der Waals surface area (Å²) in [6.45, 7) is 0. The molecule has 0 atom stereocenters. The second kappa shape index (κ2) is 3.65. The van der Waals surface area contributed by atoms with Crippen molar-refractivity contribution in [2.24, 2.45) is 0 Å². The summed E-state index contributed by atoms with van der Waals surface area (Å²) in [7, 11) is 1.25. The minimum atomic E-state index is -0.585. The van der Waals surface area contributed by atoms with Crippen LogP contribution in [0.4, 0.5) is 4.39 Å². The number of fused-ring (bicyclic) bond motifs is 1. The van der Waals surface area contributed by atoms with Crippen molar-refractivity contribution in [2.75, 3.05) is 7.11 Å². The van der Waals surface area contributed by atoms with E-state index in [2.05, 4.69) is 9.72 Å². The number of rotatable bonds is 1. The van der Waals surface area contributed by atoms with Crippen molar-refractivity contribution in [2.45, 2.75) is 0 Å². The highest BCUT2D eigenvalue weighted by molar-refractivity contribution is 6.02. The van der Waals surface area contributed by atoms with E-state index < -0.39 is 11.8 Å². The molecule has 76 valence electrons. The molecule has 4 heteroatoms. The zero-order valence-electron chi connectivity index (χ0n) is 8.03. The van der Waals surface area contributed by atoms with Crippen molar-refractivity contribution in [3.05, 3.63) is 41.8 Å². The van der Waals surface area contributed by atoms with Crippen molar-refractivity contribution in [3.63, 3.8) is 0 Å². The van der Waals surface area contributed by atoms with E-state index in [1.54, 1.807) is 18.3 Å². The quantitative estimate of drug-likeness (QED) is 0.669. The van der Waals surface area contributed by atoms with Gasteiger partial charge in [-0.05, 0) is 18.2 Å². The molecule has 0 spiro atoms. The maximum atomic E-state index is 13.2. The van der Waals surface area contributed by atoms with E-state index in [0.717, 1.165) is 6.07 Å². The second-order valence-corrected chi connectivity index (χ2v) is 3.02. The van der Waals surface area contributed by atoms with Gasteiger partial charge in [0, 0.05) is 11.6 Å². The SMILES string of the molecule is COC(=O)c1cc(F)cc2cccnc12. The molecule has 0 saturated heterocycles. The number of ether oxygens (including phenoxy) is 1. The molecule has 3 nitrogen and oxygen atoms in total. The largest absolute Gasteiger partial charge is 0.465 e. The summed E-state index contributed by atoms with van der Waals surface area (Å²) in [5.74, 6) is -1.06. The first-order chi connectivity index (χ1) is 7.22. The maximum Gasteiger partial charge on any atom is 0.340 e. The Morgan fingerprint density at radius 2 is 2.27 bits per heavy atom. The van der Waals surface area contributed by atoms with Crippen LogP contribution in [0, 0.1) is 5.82 Å². The van der Waals surface area contributed by atoms with Crippen molar-refractivity contribution in [1.29, 1.82) is 0 Å². The van der Waals surface area contributed by atoms with Crippen LogP contribution in [-0.2, 0) is 4.74 Å². The molecule has 0 aliphatic carbocycles. The third-order valence-electron chi connectivity index (χ3n) is 2.07. The normalized spacial score (nSPS) is 10.3. The maximum absolute atomic E-state index is 13.2. The number of nitrogens with zero attached hydrogens (tertiary/aromatic N) is 1. The van der Waals surface area contributed by atoms with Gasteiger partial charge in [-0.25, -0.2) is 9.18 Å². The van der Waals surface area contributed by atoms with Crippen molar-refractivity contribution < 1.29 is 13.9 Å². The van der Waals surface area contributed by atoms with Crippen LogP contribution in [0.25, 0.3) is 10.9 Å². The predicted octanol–water partition coefficient (Wildman–Crippen LogP) is 2.16. The topological polar surface area (TPSA) is 39.2 Å². The summed E-state index contributed by atoms with van der Waals surface area (Å²) >= 11 is 0. The first kappa shape index (κ1) is 9.58. The number of hydrogen-bond donors (Lipinski definition) is 0. The predicted molar refractivity (Wildman–Crippen MR) is 53.0 cm³/mol. The van der Waals surface area contributed by atoms with Gasteiger partial charge in [-0.1, -0.05) is 6.07 Å². The van der Waals surface area contributed by atoms with Crippen molar-refractivity contribution in [1.82, 2.24) is 4.98 Å². The van der Waals surface area contributed by atoms with Crippen LogP contribution in [-0.4, -0.2) is 18.1 Å². The summed E-state index contributed by atoms with van der Waals surface area (Å²) in [6.07, 6.45) is 1.55. The van der Waals surface area contributed by atoms with Crippen LogP contribution < -0.4 is 0 Å². The van der Waals surface area contributed by atoms with Crippen LogP contribution in [0.1, 0.15) is 10.4 Å². The average molecular weight is 205 g/mol. The number of aromatic nitrogens is 1. The monoisotopic (exact) mass is 205 g/mol. The summed E-state index contributed by atoms with van der Waals surface area (Å²) in [5, 5.41) is 0.581. The van der Waals surface area contributed by atoms with Gasteiger partial charge in [0.25, 0.3) is 0 Å². The molecule has 0 bridgehead atoms. The van der Waals surface area contributed by atoms with E-state index in [0.29, 0.717) is 10.9 Å². The highest BCUT2D eigenvalue weighted by Crippen LogP contribution is 2.18. The minimum absolute atomic E-state index is 0.146. The van der Waals surface area contributed by atoms with E-state index in [1.807, 2.05) is 0 Å². The molecule has 0 aliphatic rings. The number of pyridine rings is 1. The van der Waals surface area contributed by atoms with Gasteiger partial charge in [-0.3, -0.25) is 4.98 Å². The molecule has 0 aliphatic heterocycles. The lowest BCUT2D eigenvalue weighted by Gasteiger charge is -2.03. The van der Waals surface area contributed by atoms with Crippen molar-refractivity contribution >= 4 is 16.9 Å². The molecular formula is C11H8FNO2. The summed E-state index contributed by atoms with van der Waals surface area (Å²) < 4.78 is 17.7. The Hall–Kier alpha value is -1.97. The number of methoxy groups -OCH3 is 1. The number of hydrogen-bond acceptors (Lipinski definition) is 3. The van der Waals surface area contributed by atoms with Gasteiger partial charge < -0.3 is 4.74 Å². The smallest absolute Gasteiger partial charge is 0.340 e. The van der Waals surface area contributed by atoms with Crippen LogP contribution in [0.3, 0.4) is 0 Å². The fraction of sp³-hybridized carbons (Fsp3) is 0.0909. The number of benzene rings is 1. The van der Waals surface area contributed by atoms with E-state index in [-0.39, 0.29) is 5.56 Å². The molecule has 0 radical (unpaired) electrons. The highest BCUT2D eigenvalue weighted by Gasteiger charge is 2.12. The number of esters is 1. The third kappa shape index (κ3) is 1.66. The van der Waals surface area contributed by atoms with Gasteiger partial charge in [0.1, 0.15) is 5.82 Å². The Morgan fingerprint density at radius 1 is 1.47 bits per heavy atom. The molecule has 15 heavy (non-hydrogen) atoms. The number of halogens is 1. The molecule has 0 amide bonds. The van der Waals surface area contributed by atoms with Gasteiger partial charge in [0.15, 0.2) is 0 Å². The molecule has 1 aromatic carbocycles. The summed E-state index contributed by atoms with van der Waals surface area (Å²) in [4.78, 5) is 15.4. The summed E-state index contributed by atoms with van der Waals surface area (Å²) in [6, 6.07) is 5.83. The van der Waals surface area contributed by atoms with Gasteiger partial charge in [-0.15, -0.1) is 0 Å². The van der Waals surface area contributed by atoms with Crippen LogP contribution in [0.2, 0.25) is 0 Å². The first-order valence-electron chi connectivity index (χ1n) is 4.35. The van der Waals surface area contributed by atoms with E-state index in [9.17, 15) is 9.18 Å². The average Bonchev–Trinajstić information content (AvgIpc) is 2.26. The molecule has 1 aromatic heterocycles. The van der Waals surface area contributed by atoms with Gasteiger partial charge in [0.2, 0.25) is 0 Å². The summed E-state index contributed by atoms with van der Waals surface area (Å²) in [5.41, 5.74) is 0.596. The Labute approximate surface area is 85.5 Å². The molecule has 2 rings (SSSR count). The van der Waals surface area contributed by atoms with Gasteiger partial charge in [-0.2, -0.15) is 0 Å². The third-order valence-corrected chi connectivity index (χ3v) is 2.07. The minimum Gasteiger partial charge on any atom is -0.465 e. The molecule has 0 N–H and O–H groups in total. The van der Waals surface area contributed by atoms with E-state index in [4.69, 9.17) is 0 Å². The second-order valence-electron chi connectivity index (χ2n) is 3.02. The van der Waals surface area contributed by atoms with Gasteiger partial charge in [0.05, 0.1) is 18.2 Å².